The number of carbonyl (C=O) groups excluding carboxylic acids is 2. The summed E-state index contributed by atoms with van der Waals surface area (Å²) in [7, 11) is -5.08. The maximum Gasteiger partial charge on any atom is 0.472 e. The van der Waals surface area contributed by atoms with E-state index in [0.717, 1.165) is 19.3 Å². The third-order valence-corrected chi connectivity index (χ3v) is 10.4. The third kappa shape index (κ3) is 22.6. The standard InChI is InChI=1S/C37H71O13P/c1-3-5-6-7-8-9-10-11-12-13-14-15-16-17-18-19-20-21-22-23-24-26-30(38)47-27-29(49-31(39)25-4-2)28-48-51(45,46)50-37-35(43)33(41)32(40)34(42)36(37)44/h29,32-37,40-44H,3-28H2,1-2H3,(H,45,46)/t29-,32?,33-,34?,35?,36?,37?/m1/s1. The molecule has 14 heteroatoms. The number of rotatable bonds is 32. The molecule has 51 heavy (non-hydrogen) atoms. The average Bonchev–Trinajstić information content (AvgIpc) is 3.10. The number of phosphoric acid groups is 1. The van der Waals surface area contributed by atoms with Crippen molar-refractivity contribution >= 4 is 19.8 Å². The molecule has 1 rings (SSSR count). The van der Waals surface area contributed by atoms with Gasteiger partial charge in [-0.1, -0.05) is 142 Å². The Morgan fingerprint density at radius 3 is 1.33 bits per heavy atom. The fraction of sp³-hybridized carbons (Fsp3) is 0.946. The molecule has 302 valence electrons. The summed E-state index contributed by atoms with van der Waals surface area (Å²) in [5.41, 5.74) is 0. The summed E-state index contributed by atoms with van der Waals surface area (Å²) in [5.74, 6) is -1.15. The lowest BCUT2D eigenvalue weighted by molar-refractivity contribution is -0.220. The van der Waals surface area contributed by atoms with Crippen molar-refractivity contribution in [1.29, 1.82) is 0 Å². The van der Waals surface area contributed by atoms with Crippen molar-refractivity contribution in [3.8, 4) is 0 Å². The number of phosphoric ester groups is 1. The number of ether oxygens (including phenoxy) is 2. The van der Waals surface area contributed by atoms with Gasteiger partial charge in [-0.2, -0.15) is 0 Å². The molecule has 1 saturated carbocycles. The summed E-state index contributed by atoms with van der Waals surface area (Å²) in [4.78, 5) is 34.6. The molecule has 8 atom stereocenters. The lowest BCUT2D eigenvalue weighted by Gasteiger charge is -2.41. The first kappa shape index (κ1) is 47.9. The number of hydrogen-bond donors (Lipinski definition) is 6. The Labute approximate surface area is 306 Å². The van der Waals surface area contributed by atoms with Gasteiger partial charge in [0.1, 0.15) is 43.2 Å². The van der Waals surface area contributed by atoms with Crippen LogP contribution in [0.4, 0.5) is 0 Å². The largest absolute Gasteiger partial charge is 0.472 e. The van der Waals surface area contributed by atoms with Crippen LogP contribution < -0.4 is 0 Å². The molecular weight excluding hydrogens is 683 g/mol. The van der Waals surface area contributed by atoms with Gasteiger partial charge < -0.3 is 39.9 Å². The SMILES string of the molecule is CCCCCCCCCCCCCCCCCCCCCCCC(=O)OC[C@H](COP(=O)(O)OC1C(O)C(O)C(O)[C@@H](O)C1O)OC(=O)CCC. The fourth-order valence-electron chi connectivity index (χ4n) is 6.21. The molecule has 13 nitrogen and oxygen atoms in total. The first-order valence-electron chi connectivity index (χ1n) is 19.8. The zero-order chi connectivity index (χ0) is 37.9. The van der Waals surface area contributed by atoms with E-state index in [1.807, 2.05) is 0 Å². The highest BCUT2D eigenvalue weighted by Crippen LogP contribution is 2.47. The smallest absolute Gasteiger partial charge is 0.462 e. The van der Waals surface area contributed by atoms with Crippen LogP contribution in [0.5, 0.6) is 0 Å². The van der Waals surface area contributed by atoms with Crippen LogP contribution in [0, 0.1) is 0 Å². The van der Waals surface area contributed by atoms with Crippen molar-refractivity contribution in [3.05, 3.63) is 0 Å². The molecule has 0 aromatic rings. The Hall–Kier alpha value is -1.15. The number of aliphatic hydroxyl groups excluding tert-OH is 5. The zero-order valence-electron chi connectivity index (χ0n) is 31.4. The first-order chi connectivity index (χ1) is 24.4. The molecule has 0 aromatic carbocycles. The Kier molecular flexibility index (Phi) is 27.4. The van der Waals surface area contributed by atoms with E-state index in [4.69, 9.17) is 18.5 Å². The van der Waals surface area contributed by atoms with Gasteiger partial charge in [0.05, 0.1) is 6.61 Å². The van der Waals surface area contributed by atoms with Gasteiger partial charge in [-0.3, -0.25) is 18.6 Å². The normalized spacial score (nSPS) is 23.8. The second-order valence-corrected chi connectivity index (χ2v) is 15.6. The van der Waals surface area contributed by atoms with Crippen molar-refractivity contribution in [2.45, 2.75) is 211 Å². The Morgan fingerprint density at radius 2 is 0.922 bits per heavy atom. The van der Waals surface area contributed by atoms with Crippen molar-refractivity contribution in [2.75, 3.05) is 13.2 Å². The molecule has 0 heterocycles. The lowest BCUT2D eigenvalue weighted by Crippen LogP contribution is -2.64. The van der Waals surface area contributed by atoms with E-state index in [0.29, 0.717) is 12.8 Å². The average molecular weight is 755 g/mol. The highest BCUT2D eigenvalue weighted by atomic mass is 31.2. The van der Waals surface area contributed by atoms with E-state index in [-0.39, 0.29) is 12.8 Å². The molecule has 0 spiro atoms. The summed E-state index contributed by atoms with van der Waals surface area (Å²) in [6, 6.07) is 0. The minimum absolute atomic E-state index is 0.0513. The van der Waals surface area contributed by atoms with Gasteiger partial charge in [0, 0.05) is 12.8 Å². The Bertz CT molecular complexity index is 922. The van der Waals surface area contributed by atoms with Gasteiger partial charge in [0.15, 0.2) is 6.10 Å². The third-order valence-electron chi connectivity index (χ3n) is 9.42. The van der Waals surface area contributed by atoms with Crippen LogP contribution >= 0.6 is 7.82 Å². The van der Waals surface area contributed by atoms with Crippen LogP contribution in [0.3, 0.4) is 0 Å². The van der Waals surface area contributed by atoms with E-state index in [1.54, 1.807) is 6.92 Å². The van der Waals surface area contributed by atoms with Gasteiger partial charge in [-0.15, -0.1) is 0 Å². The van der Waals surface area contributed by atoms with Crippen LogP contribution in [0.15, 0.2) is 0 Å². The van der Waals surface area contributed by atoms with Crippen molar-refractivity contribution in [2.24, 2.45) is 0 Å². The quantitative estimate of drug-likeness (QED) is 0.0258. The molecule has 0 aromatic heterocycles. The molecule has 0 amide bonds. The Balaban J connectivity index is 2.17. The number of hydrogen-bond acceptors (Lipinski definition) is 12. The highest BCUT2D eigenvalue weighted by Gasteiger charge is 2.51. The minimum atomic E-state index is -5.08. The van der Waals surface area contributed by atoms with Gasteiger partial charge >= 0.3 is 19.8 Å². The maximum atomic E-state index is 12.5. The Morgan fingerprint density at radius 1 is 0.529 bits per heavy atom. The molecule has 1 aliphatic rings. The van der Waals surface area contributed by atoms with Crippen LogP contribution in [0.1, 0.15) is 168 Å². The van der Waals surface area contributed by atoms with Crippen molar-refractivity contribution in [3.63, 3.8) is 0 Å². The molecule has 1 fully saturated rings. The molecule has 0 saturated heterocycles. The summed E-state index contributed by atoms with van der Waals surface area (Å²) >= 11 is 0. The second-order valence-electron chi connectivity index (χ2n) is 14.2. The topological polar surface area (TPSA) is 210 Å². The summed E-state index contributed by atoms with van der Waals surface area (Å²) in [5, 5.41) is 49.5. The minimum Gasteiger partial charge on any atom is -0.462 e. The summed E-state index contributed by atoms with van der Waals surface area (Å²) < 4.78 is 32.7. The second kappa shape index (κ2) is 29.2. The number of unbranched alkanes of at least 4 members (excludes halogenated alkanes) is 20. The van der Waals surface area contributed by atoms with Gasteiger partial charge in [0.25, 0.3) is 0 Å². The van der Waals surface area contributed by atoms with E-state index < -0.39 is 75.7 Å². The molecule has 6 N–H and O–H groups in total. The van der Waals surface area contributed by atoms with Crippen LogP contribution in [0.25, 0.3) is 0 Å². The predicted molar refractivity (Wildman–Crippen MR) is 194 cm³/mol. The number of aliphatic hydroxyl groups is 5. The van der Waals surface area contributed by atoms with Gasteiger partial charge in [-0.25, -0.2) is 4.57 Å². The molecule has 0 radical (unpaired) electrons. The van der Waals surface area contributed by atoms with E-state index in [9.17, 15) is 44.6 Å². The van der Waals surface area contributed by atoms with Gasteiger partial charge in [-0.05, 0) is 12.8 Å². The molecule has 6 unspecified atom stereocenters. The predicted octanol–water partition coefficient (Wildman–Crippen LogP) is 6.16. The van der Waals surface area contributed by atoms with E-state index >= 15 is 0 Å². The fourth-order valence-corrected chi connectivity index (χ4v) is 7.18. The highest BCUT2D eigenvalue weighted by molar-refractivity contribution is 7.47. The van der Waals surface area contributed by atoms with E-state index in [2.05, 4.69) is 6.92 Å². The first-order valence-corrected chi connectivity index (χ1v) is 21.3. The van der Waals surface area contributed by atoms with Crippen molar-refractivity contribution < 1.29 is 63.1 Å². The monoisotopic (exact) mass is 754 g/mol. The maximum absolute atomic E-state index is 12.5. The van der Waals surface area contributed by atoms with Crippen molar-refractivity contribution in [1.82, 2.24) is 0 Å². The molecular formula is C37H71O13P. The molecule has 0 aliphatic heterocycles. The van der Waals surface area contributed by atoms with Crippen LogP contribution in [-0.4, -0.2) is 98.3 Å². The summed E-state index contributed by atoms with van der Waals surface area (Å²) in [6.45, 7) is 2.85. The lowest BCUT2D eigenvalue weighted by atomic mass is 9.85. The number of carbonyl (C=O) groups is 2. The van der Waals surface area contributed by atoms with Crippen LogP contribution in [0.2, 0.25) is 0 Å². The van der Waals surface area contributed by atoms with E-state index in [1.165, 1.54) is 109 Å². The number of esters is 2. The van der Waals surface area contributed by atoms with Gasteiger partial charge in [0.2, 0.25) is 0 Å². The van der Waals surface area contributed by atoms with Crippen LogP contribution in [-0.2, 0) is 32.7 Å². The molecule has 0 bridgehead atoms. The molecule has 1 aliphatic carbocycles. The zero-order valence-corrected chi connectivity index (χ0v) is 32.3. The summed E-state index contributed by atoms with van der Waals surface area (Å²) in [6.07, 6.45) is 14.1.